The van der Waals surface area contributed by atoms with Crippen LogP contribution in [-0.4, -0.2) is 28.6 Å². The summed E-state index contributed by atoms with van der Waals surface area (Å²) in [5.74, 6) is 1.49. The molecule has 0 unspecified atom stereocenters. The third kappa shape index (κ3) is 3.85. The predicted molar refractivity (Wildman–Crippen MR) is 88.9 cm³/mol. The lowest BCUT2D eigenvalue weighted by Crippen LogP contribution is -2.09. The number of rotatable bonds is 6. The molecule has 0 saturated heterocycles. The molecule has 1 heterocycles. The molecule has 0 radical (unpaired) electrons. The highest BCUT2D eigenvalue weighted by molar-refractivity contribution is 7.99. The van der Waals surface area contributed by atoms with Crippen molar-refractivity contribution < 1.29 is 9.53 Å². The van der Waals surface area contributed by atoms with Gasteiger partial charge in [-0.3, -0.25) is 4.79 Å². The summed E-state index contributed by atoms with van der Waals surface area (Å²) in [7, 11) is 1.65. The first kappa shape index (κ1) is 16.5. The number of methoxy groups -OCH3 is 1. The summed E-state index contributed by atoms with van der Waals surface area (Å²) >= 11 is 1.36. The molecule has 0 aliphatic heterocycles. The number of ketones is 1. The van der Waals surface area contributed by atoms with Gasteiger partial charge in [0.2, 0.25) is 0 Å². The van der Waals surface area contributed by atoms with Crippen LogP contribution in [-0.2, 0) is 0 Å². The Kier molecular flexibility index (Phi) is 5.55. The molecule has 0 amide bonds. The van der Waals surface area contributed by atoms with Gasteiger partial charge in [0.25, 0.3) is 0 Å². The lowest BCUT2D eigenvalue weighted by molar-refractivity contribution is 0.102. The van der Waals surface area contributed by atoms with Gasteiger partial charge in [0.05, 0.1) is 12.9 Å². The monoisotopic (exact) mass is 316 g/mol. The molecule has 2 aromatic rings. The minimum atomic E-state index is 0.0897. The molecule has 0 N–H and O–H groups in total. The molecule has 4 nitrogen and oxygen atoms in total. The van der Waals surface area contributed by atoms with Gasteiger partial charge in [-0.15, -0.1) is 0 Å². The van der Waals surface area contributed by atoms with Crippen molar-refractivity contribution >= 4 is 17.5 Å². The zero-order valence-corrected chi connectivity index (χ0v) is 14.1. The molecule has 2 rings (SSSR count). The number of aromatic nitrogens is 2. The number of carbonyl (C=O) groups excluding carboxylic acids is 1. The van der Waals surface area contributed by atoms with Crippen molar-refractivity contribution in [3.8, 4) is 5.75 Å². The van der Waals surface area contributed by atoms with Crippen molar-refractivity contribution in [1.29, 1.82) is 0 Å². The van der Waals surface area contributed by atoms with Crippen LogP contribution < -0.4 is 4.74 Å². The molecule has 1 aromatic heterocycles. The second kappa shape index (κ2) is 7.40. The molecule has 5 heteroatoms. The van der Waals surface area contributed by atoms with Crippen LogP contribution in [0.3, 0.4) is 0 Å². The number of thioether (sulfide) groups is 1. The van der Waals surface area contributed by atoms with E-state index < -0.39 is 0 Å². The van der Waals surface area contributed by atoms with Crippen LogP contribution in [0.25, 0.3) is 0 Å². The molecule has 0 saturated carbocycles. The number of Topliss-reactive ketones (excluding diaryl/α,β-unsaturated/α-hetero) is 1. The number of nitrogens with zero attached hydrogens (tertiary/aromatic N) is 2. The summed E-state index contributed by atoms with van der Waals surface area (Å²) in [6.45, 7) is 6.11. The van der Waals surface area contributed by atoms with Crippen LogP contribution in [0.15, 0.2) is 35.7 Å². The van der Waals surface area contributed by atoms with E-state index in [0.29, 0.717) is 10.9 Å². The Labute approximate surface area is 135 Å². The Balaban J connectivity index is 2.23. The molecule has 22 heavy (non-hydrogen) atoms. The number of hydrogen-bond donors (Lipinski definition) is 0. The first-order valence-corrected chi connectivity index (χ1v) is 8.13. The van der Waals surface area contributed by atoms with Crippen LogP contribution >= 0.6 is 11.8 Å². The van der Waals surface area contributed by atoms with Crippen LogP contribution in [0.4, 0.5) is 0 Å². The third-order valence-electron chi connectivity index (χ3n) is 3.36. The van der Waals surface area contributed by atoms with Gasteiger partial charge in [0.15, 0.2) is 10.9 Å². The third-order valence-corrected chi connectivity index (χ3v) is 4.24. The number of benzene rings is 1. The van der Waals surface area contributed by atoms with Crippen LogP contribution in [0.1, 0.15) is 41.3 Å². The highest BCUT2D eigenvalue weighted by Crippen LogP contribution is 2.29. The molecular formula is C17H20N2O2S. The number of aryl methyl sites for hydroxylation is 1. The van der Waals surface area contributed by atoms with E-state index >= 15 is 0 Å². The van der Waals surface area contributed by atoms with Crippen molar-refractivity contribution in [3.63, 3.8) is 0 Å². The maximum absolute atomic E-state index is 12.6. The van der Waals surface area contributed by atoms with Gasteiger partial charge >= 0.3 is 0 Å². The molecule has 0 aliphatic rings. The molecule has 0 spiro atoms. The summed E-state index contributed by atoms with van der Waals surface area (Å²) in [4.78, 5) is 20.8. The topological polar surface area (TPSA) is 52.1 Å². The van der Waals surface area contributed by atoms with E-state index in [2.05, 4.69) is 23.8 Å². The van der Waals surface area contributed by atoms with Gasteiger partial charge in [0, 0.05) is 18.0 Å². The molecule has 0 aliphatic carbocycles. The van der Waals surface area contributed by atoms with Crippen LogP contribution in [0.2, 0.25) is 0 Å². The molecule has 0 fully saturated rings. The first-order chi connectivity index (χ1) is 10.5. The summed E-state index contributed by atoms with van der Waals surface area (Å²) in [5, 5.41) is 0.618. The van der Waals surface area contributed by atoms with Crippen molar-refractivity contribution in [2.24, 2.45) is 0 Å². The Hall–Kier alpha value is -1.88. The first-order valence-electron chi connectivity index (χ1n) is 7.14. The molecule has 0 bridgehead atoms. The van der Waals surface area contributed by atoms with Crippen molar-refractivity contribution in [2.45, 2.75) is 31.8 Å². The highest BCUT2D eigenvalue weighted by Gasteiger charge is 2.17. The zero-order chi connectivity index (χ0) is 16.1. The maximum Gasteiger partial charge on any atom is 0.187 e. The van der Waals surface area contributed by atoms with Crippen molar-refractivity contribution in [3.05, 3.63) is 47.3 Å². The largest absolute Gasteiger partial charge is 0.496 e. The lowest BCUT2D eigenvalue weighted by Gasteiger charge is -2.15. The minimum Gasteiger partial charge on any atom is -0.496 e. The number of carbonyl (C=O) groups is 1. The fraction of sp³-hybridized carbons (Fsp3) is 0.353. The fourth-order valence-electron chi connectivity index (χ4n) is 2.21. The average Bonchev–Trinajstić information content (AvgIpc) is 2.53. The smallest absolute Gasteiger partial charge is 0.187 e. The van der Waals surface area contributed by atoms with E-state index in [4.69, 9.17) is 4.74 Å². The van der Waals surface area contributed by atoms with E-state index in [1.54, 1.807) is 25.6 Å². The van der Waals surface area contributed by atoms with Gasteiger partial charge in [-0.25, -0.2) is 9.97 Å². The Morgan fingerprint density at radius 3 is 2.55 bits per heavy atom. The Morgan fingerprint density at radius 1 is 1.27 bits per heavy atom. The fourth-order valence-corrected chi connectivity index (χ4v) is 2.90. The van der Waals surface area contributed by atoms with E-state index in [1.165, 1.54) is 11.8 Å². The predicted octanol–water partition coefficient (Wildman–Crippen LogP) is 3.89. The van der Waals surface area contributed by atoms with Gasteiger partial charge in [0.1, 0.15) is 5.75 Å². The summed E-state index contributed by atoms with van der Waals surface area (Å²) in [6.07, 6.45) is 3.35. The summed E-state index contributed by atoms with van der Waals surface area (Å²) < 4.78 is 5.36. The molecule has 116 valence electrons. The average molecular weight is 316 g/mol. The molecule has 0 atom stereocenters. The standard InChI is InChI=1S/C17H20N2O2S/c1-11(2)13-9-16(21-4)12(3)8-14(13)15(20)10-22-17-18-6-5-7-19-17/h5-9,11H,10H2,1-4H3. The molecule has 1 aromatic carbocycles. The van der Waals surface area contributed by atoms with E-state index in [1.807, 2.05) is 19.1 Å². The maximum atomic E-state index is 12.6. The van der Waals surface area contributed by atoms with Gasteiger partial charge in [-0.2, -0.15) is 0 Å². The SMILES string of the molecule is COc1cc(C(C)C)c(C(=O)CSc2ncccn2)cc1C. The van der Waals surface area contributed by atoms with Gasteiger partial charge < -0.3 is 4.74 Å². The number of hydrogen-bond acceptors (Lipinski definition) is 5. The van der Waals surface area contributed by atoms with Gasteiger partial charge in [-0.1, -0.05) is 25.6 Å². The highest BCUT2D eigenvalue weighted by atomic mass is 32.2. The second-order valence-electron chi connectivity index (χ2n) is 5.31. The van der Waals surface area contributed by atoms with Crippen LogP contribution in [0.5, 0.6) is 5.75 Å². The normalized spacial score (nSPS) is 10.8. The Morgan fingerprint density at radius 2 is 1.95 bits per heavy atom. The van der Waals surface area contributed by atoms with E-state index in [9.17, 15) is 4.79 Å². The van der Waals surface area contributed by atoms with Crippen LogP contribution in [0, 0.1) is 6.92 Å². The van der Waals surface area contributed by atoms with E-state index in [-0.39, 0.29) is 11.7 Å². The number of ether oxygens (including phenoxy) is 1. The zero-order valence-electron chi connectivity index (χ0n) is 13.3. The van der Waals surface area contributed by atoms with Crippen molar-refractivity contribution in [2.75, 3.05) is 12.9 Å². The second-order valence-corrected chi connectivity index (χ2v) is 6.25. The Bertz CT molecular complexity index is 657. The quantitative estimate of drug-likeness (QED) is 0.460. The minimum absolute atomic E-state index is 0.0897. The van der Waals surface area contributed by atoms with E-state index in [0.717, 1.165) is 22.4 Å². The summed E-state index contributed by atoms with van der Waals surface area (Å²) in [6, 6.07) is 5.65. The van der Waals surface area contributed by atoms with Crippen molar-refractivity contribution in [1.82, 2.24) is 9.97 Å². The molecular weight excluding hydrogens is 296 g/mol. The van der Waals surface area contributed by atoms with Gasteiger partial charge in [-0.05, 0) is 42.2 Å². The lowest BCUT2D eigenvalue weighted by atomic mass is 9.93. The summed E-state index contributed by atoms with van der Waals surface area (Å²) in [5.41, 5.74) is 2.75.